The topological polar surface area (TPSA) is 76.0 Å². The predicted octanol–water partition coefficient (Wildman–Crippen LogP) is 4.03. The van der Waals surface area contributed by atoms with Gasteiger partial charge in [0.1, 0.15) is 16.7 Å². The maximum atomic E-state index is 12.9. The molecule has 1 N–H and O–H groups in total. The van der Waals surface area contributed by atoms with E-state index in [2.05, 4.69) is 20.9 Å². The number of thiophene rings is 1. The summed E-state index contributed by atoms with van der Waals surface area (Å²) >= 11 is 1.51. The van der Waals surface area contributed by atoms with Gasteiger partial charge in [0.05, 0.1) is 18.0 Å². The van der Waals surface area contributed by atoms with Gasteiger partial charge >= 0.3 is 0 Å². The molecule has 0 amide bonds. The van der Waals surface area contributed by atoms with Crippen LogP contribution >= 0.6 is 11.3 Å². The second-order valence-corrected chi connectivity index (χ2v) is 8.82. The Morgan fingerprint density at radius 2 is 1.72 bits per heavy atom. The van der Waals surface area contributed by atoms with Crippen molar-refractivity contribution in [2.75, 3.05) is 26.2 Å². The molecule has 5 rings (SSSR count). The molecule has 160 valence electrons. The van der Waals surface area contributed by atoms with Gasteiger partial charge in [0, 0.05) is 37.1 Å². The Hall–Kier alpha value is -3.31. The van der Waals surface area contributed by atoms with Crippen LogP contribution in [-0.4, -0.2) is 45.9 Å². The number of nitrogens with one attached hydrogen (secondary N) is 1. The SMILES string of the molecule is N#CC(c1ccccc1)N1CCN(Cc2nc3scc(-c4ccccc4)c3c(=O)[nH]2)CC1. The highest BCUT2D eigenvalue weighted by molar-refractivity contribution is 7.17. The second kappa shape index (κ2) is 9.05. The molecule has 32 heavy (non-hydrogen) atoms. The summed E-state index contributed by atoms with van der Waals surface area (Å²) in [5.74, 6) is 0.692. The summed E-state index contributed by atoms with van der Waals surface area (Å²) < 4.78 is 0. The van der Waals surface area contributed by atoms with E-state index in [-0.39, 0.29) is 11.6 Å². The van der Waals surface area contributed by atoms with E-state index in [4.69, 9.17) is 4.98 Å². The van der Waals surface area contributed by atoms with Crippen molar-refractivity contribution in [3.05, 3.63) is 87.8 Å². The molecule has 0 bridgehead atoms. The number of nitriles is 1. The molecule has 3 heterocycles. The van der Waals surface area contributed by atoms with Gasteiger partial charge in [-0.2, -0.15) is 5.26 Å². The average molecular weight is 442 g/mol. The van der Waals surface area contributed by atoms with Gasteiger partial charge in [-0.1, -0.05) is 60.7 Å². The number of fused-ring (bicyclic) bond motifs is 1. The minimum atomic E-state index is -0.227. The van der Waals surface area contributed by atoms with Crippen LogP contribution in [0.15, 0.2) is 70.8 Å². The van der Waals surface area contributed by atoms with Crippen molar-refractivity contribution in [3.63, 3.8) is 0 Å². The zero-order chi connectivity index (χ0) is 21.9. The molecule has 1 saturated heterocycles. The Balaban J connectivity index is 1.29. The van der Waals surface area contributed by atoms with Crippen LogP contribution in [0.3, 0.4) is 0 Å². The third-order valence-electron chi connectivity index (χ3n) is 5.96. The maximum Gasteiger partial charge on any atom is 0.260 e. The lowest BCUT2D eigenvalue weighted by molar-refractivity contribution is 0.107. The Kier molecular flexibility index (Phi) is 5.82. The summed E-state index contributed by atoms with van der Waals surface area (Å²) in [6.45, 7) is 3.85. The molecule has 0 aliphatic carbocycles. The highest BCUT2D eigenvalue weighted by Gasteiger charge is 2.25. The van der Waals surface area contributed by atoms with Crippen LogP contribution in [0.25, 0.3) is 21.3 Å². The molecule has 1 unspecified atom stereocenters. The van der Waals surface area contributed by atoms with Crippen molar-refractivity contribution in [1.82, 2.24) is 19.8 Å². The first-order chi connectivity index (χ1) is 15.7. The number of aromatic amines is 1. The summed E-state index contributed by atoms with van der Waals surface area (Å²) in [6, 6.07) is 22.1. The van der Waals surface area contributed by atoms with Gasteiger partial charge in [0.2, 0.25) is 0 Å². The summed E-state index contributed by atoms with van der Waals surface area (Å²) in [7, 11) is 0. The standard InChI is InChI=1S/C25H23N5OS/c26-15-21(19-9-5-2-6-10-19)30-13-11-29(12-14-30)16-22-27-24(31)23-20(17-32-25(23)28-22)18-7-3-1-4-8-18/h1-10,17,21H,11-14,16H2,(H,27,28,31). The smallest absolute Gasteiger partial charge is 0.260 e. The first-order valence-corrected chi connectivity index (χ1v) is 11.6. The van der Waals surface area contributed by atoms with E-state index in [1.807, 2.05) is 66.0 Å². The van der Waals surface area contributed by atoms with Gasteiger partial charge < -0.3 is 4.98 Å². The molecule has 2 aromatic heterocycles. The Morgan fingerprint density at radius 3 is 2.41 bits per heavy atom. The monoisotopic (exact) mass is 441 g/mol. The molecular weight excluding hydrogens is 418 g/mol. The third kappa shape index (κ3) is 4.08. The average Bonchev–Trinajstić information content (AvgIpc) is 3.27. The number of benzene rings is 2. The van der Waals surface area contributed by atoms with Crippen molar-refractivity contribution >= 4 is 21.6 Å². The Labute approximate surface area is 190 Å². The van der Waals surface area contributed by atoms with Gasteiger partial charge in [-0.05, 0) is 11.1 Å². The van der Waals surface area contributed by atoms with Gasteiger partial charge in [-0.15, -0.1) is 11.3 Å². The van der Waals surface area contributed by atoms with Gasteiger partial charge in [0.15, 0.2) is 0 Å². The van der Waals surface area contributed by atoms with Crippen LogP contribution in [-0.2, 0) is 6.54 Å². The molecule has 1 aliphatic heterocycles. The predicted molar refractivity (Wildman–Crippen MR) is 127 cm³/mol. The van der Waals surface area contributed by atoms with E-state index in [1.165, 1.54) is 11.3 Å². The Morgan fingerprint density at radius 1 is 1.03 bits per heavy atom. The molecule has 4 aromatic rings. The molecule has 1 aliphatic rings. The van der Waals surface area contributed by atoms with Crippen LogP contribution in [0, 0.1) is 11.3 Å². The molecule has 1 fully saturated rings. The quantitative estimate of drug-likeness (QED) is 0.506. The van der Waals surface area contributed by atoms with E-state index >= 15 is 0 Å². The van der Waals surface area contributed by atoms with Crippen LogP contribution in [0.4, 0.5) is 0 Å². The van der Waals surface area contributed by atoms with E-state index in [9.17, 15) is 10.1 Å². The number of piperazine rings is 1. The van der Waals surface area contributed by atoms with Crippen LogP contribution < -0.4 is 5.56 Å². The van der Waals surface area contributed by atoms with Crippen molar-refractivity contribution < 1.29 is 0 Å². The van der Waals surface area contributed by atoms with Crippen molar-refractivity contribution in [1.29, 1.82) is 5.26 Å². The highest BCUT2D eigenvalue weighted by atomic mass is 32.1. The number of rotatable bonds is 5. The summed E-state index contributed by atoms with van der Waals surface area (Å²) in [4.78, 5) is 25.9. The number of aromatic nitrogens is 2. The minimum absolute atomic E-state index is 0.0858. The van der Waals surface area contributed by atoms with Crippen molar-refractivity contribution in [2.24, 2.45) is 0 Å². The van der Waals surface area contributed by atoms with Crippen LogP contribution in [0.2, 0.25) is 0 Å². The van der Waals surface area contributed by atoms with E-state index in [0.717, 1.165) is 47.7 Å². The van der Waals surface area contributed by atoms with Gasteiger partial charge in [-0.25, -0.2) is 4.98 Å². The molecule has 6 nitrogen and oxygen atoms in total. The van der Waals surface area contributed by atoms with Gasteiger partial charge in [-0.3, -0.25) is 14.6 Å². The first-order valence-electron chi connectivity index (χ1n) is 10.7. The summed E-state index contributed by atoms with van der Waals surface area (Å²) in [5, 5.41) is 12.4. The van der Waals surface area contributed by atoms with E-state index < -0.39 is 0 Å². The molecular formula is C25H23N5OS. The molecule has 0 spiro atoms. The van der Waals surface area contributed by atoms with Crippen LogP contribution in [0.5, 0.6) is 0 Å². The third-order valence-corrected chi connectivity index (χ3v) is 6.83. The molecule has 7 heteroatoms. The normalized spacial score (nSPS) is 16.1. The highest BCUT2D eigenvalue weighted by Crippen LogP contribution is 2.30. The number of nitrogens with zero attached hydrogens (tertiary/aromatic N) is 4. The minimum Gasteiger partial charge on any atom is -0.309 e. The fourth-order valence-electron chi connectivity index (χ4n) is 4.29. The van der Waals surface area contributed by atoms with Gasteiger partial charge in [0.25, 0.3) is 5.56 Å². The molecule has 2 aromatic carbocycles. The largest absolute Gasteiger partial charge is 0.309 e. The fraction of sp³-hybridized carbons (Fsp3) is 0.240. The Bertz CT molecular complexity index is 1300. The van der Waals surface area contributed by atoms with E-state index in [0.29, 0.717) is 17.8 Å². The van der Waals surface area contributed by atoms with Crippen molar-refractivity contribution in [3.8, 4) is 17.2 Å². The van der Waals surface area contributed by atoms with Crippen molar-refractivity contribution in [2.45, 2.75) is 12.6 Å². The second-order valence-electron chi connectivity index (χ2n) is 7.96. The lowest BCUT2D eigenvalue weighted by Crippen LogP contribution is -2.47. The number of hydrogen-bond donors (Lipinski definition) is 1. The molecule has 1 atom stereocenters. The number of hydrogen-bond acceptors (Lipinski definition) is 6. The lowest BCUT2D eigenvalue weighted by atomic mass is 10.1. The zero-order valence-electron chi connectivity index (χ0n) is 17.6. The molecule has 0 saturated carbocycles. The molecule has 0 radical (unpaired) electrons. The zero-order valence-corrected chi connectivity index (χ0v) is 18.4. The van der Waals surface area contributed by atoms with E-state index in [1.54, 1.807) is 0 Å². The maximum absolute atomic E-state index is 12.9. The first kappa shape index (κ1) is 20.6. The fourth-order valence-corrected chi connectivity index (χ4v) is 5.26. The summed E-state index contributed by atoms with van der Waals surface area (Å²) in [5.41, 5.74) is 2.91. The number of H-pyrrole nitrogens is 1. The van der Waals surface area contributed by atoms with Crippen LogP contribution in [0.1, 0.15) is 17.4 Å². The summed E-state index contributed by atoms with van der Waals surface area (Å²) in [6.07, 6.45) is 0. The lowest BCUT2D eigenvalue weighted by Gasteiger charge is -2.36.